The first kappa shape index (κ1) is 12.5. The van der Waals surface area contributed by atoms with Crippen molar-refractivity contribution >= 4 is 11.9 Å². The molecule has 1 aliphatic rings. The molecule has 3 unspecified atom stereocenters. The maximum Gasteiger partial charge on any atom is 0.254 e. The molecule has 0 aliphatic heterocycles. The lowest BCUT2D eigenvalue weighted by Crippen LogP contribution is -2.34. The summed E-state index contributed by atoms with van der Waals surface area (Å²) in [4.78, 5) is 23.0. The van der Waals surface area contributed by atoms with E-state index < -0.39 is 30.6 Å². The normalized spacial score (nSPS) is 29.2. The van der Waals surface area contributed by atoms with Gasteiger partial charge in [-0.3, -0.25) is 9.79 Å². The molecular formula is C16H27N5O2. The summed E-state index contributed by atoms with van der Waals surface area (Å²) < 4.78 is 30.8. The van der Waals surface area contributed by atoms with Gasteiger partial charge in [-0.25, -0.2) is 4.98 Å². The van der Waals surface area contributed by atoms with Gasteiger partial charge in [0, 0.05) is 15.8 Å². The number of aromatic amines is 1. The van der Waals surface area contributed by atoms with Crippen LogP contribution in [0.3, 0.4) is 0 Å². The highest BCUT2D eigenvalue weighted by molar-refractivity contribution is 5.92. The van der Waals surface area contributed by atoms with Crippen molar-refractivity contribution in [3.63, 3.8) is 0 Å². The number of nitrogens with zero attached hydrogens (tertiary/aromatic N) is 2. The van der Waals surface area contributed by atoms with Crippen molar-refractivity contribution in [3.8, 4) is 0 Å². The number of aliphatic hydroxyl groups is 1. The highest BCUT2D eigenvalue weighted by Crippen LogP contribution is 2.25. The van der Waals surface area contributed by atoms with Crippen LogP contribution in [0.2, 0.25) is 0 Å². The third-order valence-corrected chi connectivity index (χ3v) is 3.87. The fourth-order valence-electron chi connectivity index (χ4n) is 2.57. The Morgan fingerprint density at radius 3 is 3.00 bits per heavy atom. The number of hydrogen-bond donors (Lipinski definition) is 4. The molecule has 7 heteroatoms. The van der Waals surface area contributed by atoms with Gasteiger partial charge < -0.3 is 21.1 Å². The standard InChI is InChI=1S/C16H27N5O2/c1-9-5-6-10(7-12(9)22)19-14-11(13(17)23)8-18-15(20-14)21-16(2,3)4/h8-10,12,22H,5-7H2,1-4H3,(H2,17,23)(H2,18,19,20,21)/i2D3,8D. The number of aliphatic hydroxyl groups excluding tert-OH is 1. The molecule has 1 aliphatic carbocycles. The predicted octanol–water partition coefficient (Wildman–Crippen LogP) is 1.17. The first-order valence-corrected chi connectivity index (χ1v) is 7.72. The Kier molecular flexibility index (Phi) is 3.65. The Morgan fingerprint density at radius 1 is 1.65 bits per heavy atom. The second-order valence-electron chi connectivity index (χ2n) is 6.68. The quantitative estimate of drug-likeness (QED) is 0.667. The van der Waals surface area contributed by atoms with Gasteiger partial charge >= 0.3 is 0 Å². The predicted molar refractivity (Wildman–Crippen MR) is 88.9 cm³/mol. The number of anilines is 1. The minimum Gasteiger partial charge on any atom is -0.393 e. The molecule has 3 atom stereocenters. The maximum absolute atomic E-state index is 11.8. The first-order valence-electron chi connectivity index (χ1n) is 9.72. The van der Waals surface area contributed by atoms with Crippen LogP contribution in [0.25, 0.3) is 0 Å². The molecule has 128 valence electrons. The molecule has 1 heterocycles. The molecule has 2 rings (SSSR count). The zero-order chi connectivity index (χ0) is 20.6. The van der Waals surface area contributed by atoms with Gasteiger partial charge in [0.1, 0.15) is 5.49 Å². The molecule has 1 saturated carbocycles. The van der Waals surface area contributed by atoms with E-state index in [-0.39, 0.29) is 29.0 Å². The van der Waals surface area contributed by atoms with Crippen molar-refractivity contribution in [1.29, 1.82) is 0 Å². The highest BCUT2D eigenvalue weighted by atomic mass is 16.3. The van der Waals surface area contributed by atoms with E-state index in [1.54, 1.807) is 0 Å². The number of nitrogens with one attached hydrogen (secondary N) is 2. The average Bonchev–Trinajstić information content (AvgIpc) is 2.48. The number of carbonyl (C=O) groups excluding carboxylic acids is 1. The lowest BCUT2D eigenvalue weighted by atomic mass is 9.85. The number of nitrogens with two attached hydrogens (primary N) is 1. The summed E-state index contributed by atoms with van der Waals surface area (Å²) in [6.07, 6.45) is 1.06. The van der Waals surface area contributed by atoms with E-state index in [0.29, 0.717) is 6.42 Å². The van der Waals surface area contributed by atoms with Crippen molar-refractivity contribution in [1.82, 2.24) is 9.97 Å². The van der Waals surface area contributed by atoms with E-state index in [2.05, 4.69) is 20.3 Å². The zero-order valence-corrected chi connectivity index (χ0v) is 13.7. The van der Waals surface area contributed by atoms with Crippen LogP contribution < -0.4 is 16.5 Å². The van der Waals surface area contributed by atoms with Gasteiger partial charge in [0.15, 0.2) is 0 Å². The number of hydrogen-bond acceptors (Lipinski definition) is 5. The first-order chi connectivity index (χ1) is 12.3. The molecule has 1 aromatic heterocycles. The third-order valence-electron chi connectivity index (χ3n) is 3.87. The molecule has 23 heavy (non-hydrogen) atoms. The Labute approximate surface area is 142 Å². The molecule has 0 saturated heterocycles. The summed E-state index contributed by atoms with van der Waals surface area (Å²) in [6.45, 7) is 2.61. The Hall–Kier alpha value is -1.89. The van der Waals surface area contributed by atoms with E-state index in [1.165, 1.54) is 13.8 Å². The minimum absolute atomic E-state index is 0.00889. The second kappa shape index (κ2) is 6.70. The largest absolute Gasteiger partial charge is 0.393 e. The van der Waals surface area contributed by atoms with Gasteiger partial charge in [0.05, 0.1) is 19.1 Å². The van der Waals surface area contributed by atoms with Crippen molar-refractivity contribution in [2.75, 3.05) is 5.32 Å². The summed E-state index contributed by atoms with van der Waals surface area (Å²) in [7, 11) is 0. The SMILES string of the molecule is [2H]c1nc(NC(C)(C)C([2H])([2H])[2H])[nH]c(=NC2CCC(C)C(O)C2)c1C(N)=O. The highest BCUT2D eigenvalue weighted by Gasteiger charge is 2.26. The molecule has 1 amide bonds. The van der Waals surface area contributed by atoms with Gasteiger partial charge in [-0.2, -0.15) is 0 Å². The van der Waals surface area contributed by atoms with Crippen LogP contribution in [-0.2, 0) is 0 Å². The molecular weight excluding hydrogens is 294 g/mol. The monoisotopic (exact) mass is 325 g/mol. The number of primary amides is 1. The lowest BCUT2D eigenvalue weighted by molar-refractivity contribution is 0.0704. The zero-order valence-electron chi connectivity index (χ0n) is 17.7. The van der Waals surface area contributed by atoms with Gasteiger partial charge in [-0.15, -0.1) is 0 Å². The molecule has 0 spiro atoms. The molecule has 1 aromatic rings. The molecule has 0 aromatic carbocycles. The summed E-state index contributed by atoms with van der Waals surface area (Å²) in [5, 5.41) is 12.8. The average molecular weight is 325 g/mol. The van der Waals surface area contributed by atoms with Crippen molar-refractivity contribution in [2.24, 2.45) is 16.6 Å². The summed E-state index contributed by atoms with van der Waals surface area (Å²) in [5.74, 6) is -0.666. The van der Waals surface area contributed by atoms with Gasteiger partial charge in [-0.05, 0) is 45.9 Å². The van der Waals surface area contributed by atoms with E-state index in [1.807, 2.05) is 6.92 Å². The van der Waals surface area contributed by atoms with Crippen LogP contribution in [-0.4, -0.2) is 38.7 Å². The summed E-state index contributed by atoms with van der Waals surface area (Å²) in [5.41, 5.74) is 3.95. The molecule has 7 nitrogen and oxygen atoms in total. The van der Waals surface area contributed by atoms with E-state index >= 15 is 0 Å². The van der Waals surface area contributed by atoms with Crippen molar-refractivity contribution < 1.29 is 15.4 Å². The minimum atomic E-state index is -2.33. The van der Waals surface area contributed by atoms with E-state index in [9.17, 15) is 9.90 Å². The lowest BCUT2D eigenvalue weighted by Gasteiger charge is -2.28. The van der Waals surface area contributed by atoms with Crippen LogP contribution in [0.4, 0.5) is 5.95 Å². The third kappa shape index (κ3) is 4.79. The Balaban J connectivity index is 2.47. The van der Waals surface area contributed by atoms with Crippen LogP contribution >= 0.6 is 0 Å². The fraction of sp³-hybridized carbons (Fsp3) is 0.688. The molecule has 5 N–H and O–H groups in total. The summed E-state index contributed by atoms with van der Waals surface area (Å²) >= 11 is 0. The topological polar surface area (TPSA) is 116 Å². The molecule has 0 bridgehead atoms. The van der Waals surface area contributed by atoms with Crippen LogP contribution in [0, 0.1) is 5.92 Å². The number of amides is 1. The van der Waals surface area contributed by atoms with Gasteiger partial charge in [0.25, 0.3) is 5.91 Å². The number of H-pyrrole nitrogens is 1. The Morgan fingerprint density at radius 2 is 2.39 bits per heavy atom. The van der Waals surface area contributed by atoms with Crippen LogP contribution in [0.5, 0.6) is 0 Å². The van der Waals surface area contributed by atoms with Crippen molar-refractivity contribution in [2.45, 2.75) is 64.6 Å². The summed E-state index contributed by atoms with van der Waals surface area (Å²) in [6, 6.07) is -0.240. The van der Waals surface area contributed by atoms with Crippen LogP contribution in [0.15, 0.2) is 11.2 Å². The fourth-order valence-corrected chi connectivity index (χ4v) is 2.57. The van der Waals surface area contributed by atoms with Gasteiger partial charge in [0.2, 0.25) is 5.95 Å². The molecule has 0 radical (unpaired) electrons. The van der Waals surface area contributed by atoms with E-state index in [0.717, 1.165) is 12.8 Å². The Bertz CT molecular complexity index is 775. The number of carbonyl (C=O) groups is 1. The number of rotatable bonds is 3. The van der Waals surface area contributed by atoms with Gasteiger partial charge in [-0.1, -0.05) is 6.92 Å². The van der Waals surface area contributed by atoms with Crippen molar-refractivity contribution in [3.05, 3.63) is 17.2 Å². The smallest absolute Gasteiger partial charge is 0.254 e. The van der Waals surface area contributed by atoms with E-state index in [4.69, 9.17) is 11.2 Å². The second-order valence-corrected chi connectivity index (χ2v) is 6.68. The van der Waals surface area contributed by atoms with Crippen LogP contribution in [0.1, 0.15) is 62.7 Å². The molecule has 1 fully saturated rings. The number of aromatic nitrogens is 2. The maximum atomic E-state index is 11.8.